The van der Waals surface area contributed by atoms with E-state index in [9.17, 15) is 14.9 Å². The fraction of sp³-hybridized carbons (Fsp3) is 0.118. The molecule has 0 bridgehead atoms. The van der Waals surface area contributed by atoms with Gasteiger partial charge in [-0.3, -0.25) is 14.9 Å². The summed E-state index contributed by atoms with van der Waals surface area (Å²) in [5, 5.41) is 19.0. The first kappa shape index (κ1) is 18.4. The SMILES string of the molecule is COc1ccc(OCc2nnc(Sc3ccc(C=O)cc3[N+](=O)[O-])o2)cc1. The molecule has 0 saturated heterocycles. The van der Waals surface area contributed by atoms with Crippen LogP contribution in [0.4, 0.5) is 5.69 Å². The van der Waals surface area contributed by atoms with Gasteiger partial charge in [0.2, 0.25) is 0 Å². The minimum Gasteiger partial charge on any atom is -0.497 e. The molecule has 1 heterocycles. The molecule has 0 atom stereocenters. The third-order valence-corrected chi connectivity index (χ3v) is 4.29. The van der Waals surface area contributed by atoms with Crippen LogP contribution in [0.25, 0.3) is 0 Å². The van der Waals surface area contributed by atoms with E-state index in [1.165, 1.54) is 18.2 Å². The summed E-state index contributed by atoms with van der Waals surface area (Å²) in [7, 11) is 1.57. The van der Waals surface area contributed by atoms with Gasteiger partial charge in [-0.1, -0.05) is 6.07 Å². The Labute approximate surface area is 157 Å². The molecule has 1 aromatic heterocycles. The number of carbonyl (C=O) groups excluding carboxylic acids is 1. The van der Waals surface area contributed by atoms with Crippen LogP contribution < -0.4 is 9.47 Å². The summed E-state index contributed by atoms with van der Waals surface area (Å²) in [5.74, 6) is 1.53. The molecule has 0 amide bonds. The van der Waals surface area contributed by atoms with Gasteiger partial charge in [-0.05, 0) is 42.1 Å². The molecule has 0 N–H and O–H groups in total. The molecule has 0 aliphatic heterocycles. The monoisotopic (exact) mass is 387 g/mol. The van der Waals surface area contributed by atoms with E-state index >= 15 is 0 Å². The minimum atomic E-state index is -0.570. The zero-order valence-corrected chi connectivity index (χ0v) is 14.8. The molecular weight excluding hydrogens is 374 g/mol. The molecule has 0 saturated carbocycles. The normalized spacial score (nSPS) is 10.4. The van der Waals surface area contributed by atoms with Crippen molar-refractivity contribution in [1.82, 2.24) is 10.2 Å². The lowest BCUT2D eigenvalue weighted by Gasteiger charge is -2.04. The Morgan fingerprint density at radius 1 is 1.19 bits per heavy atom. The summed E-state index contributed by atoms with van der Waals surface area (Å²) in [6.45, 7) is 0.0477. The predicted octanol–water partition coefficient (Wildman–Crippen LogP) is 3.53. The zero-order valence-electron chi connectivity index (χ0n) is 14.0. The fourth-order valence-electron chi connectivity index (χ4n) is 2.09. The summed E-state index contributed by atoms with van der Waals surface area (Å²) in [6.07, 6.45) is 0.544. The second-order valence-corrected chi connectivity index (χ2v) is 6.12. The van der Waals surface area contributed by atoms with Crippen molar-refractivity contribution < 1.29 is 23.6 Å². The summed E-state index contributed by atoms with van der Waals surface area (Å²) >= 11 is 0.939. The molecule has 9 nitrogen and oxygen atoms in total. The molecule has 27 heavy (non-hydrogen) atoms. The molecule has 0 aliphatic rings. The Morgan fingerprint density at radius 2 is 1.93 bits per heavy atom. The van der Waals surface area contributed by atoms with Gasteiger partial charge in [0.05, 0.1) is 16.9 Å². The van der Waals surface area contributed by atoms with Gasteiger partial charge in [-0.2, -0.15) is 0 Å². The van der Waals surface area contributed by atoms with Crippen molar-refractivity contribution in [3.05, 3.63) is 64.0 Å². The molecule has 138 valence electrons. The van der Waals surface area contributed by atoms with Gasteiger partial charge in [0.1, 0.15) is 17.8 Å². The number of carbonyl (C=O) groups is 1. The smallest absolute Gasteiger partial charge is 0.284 e. The maximum Gasteiger partial charge on any atom is 0.284 e. The molecule has 0 fully saturated rings. The zero-order chi connectivity index (χ0) is 19.2. The number of aldehydes is 1. The molecule has 2 aromatic carbocycles. The first-order valence-electron chi connectivity index (χ1n) is 7.59. The van der Waals surface area contributed by atoms with Crippen molar-refractivity contribution in [3.8, 4) is 11.5 Å². The van der Waals surface area contributed by atoms with Gasteiger partial charge in [0.15, 0.2) is 6.61 Å². The van der Waals surface area contributed by atoms with Crippen molar-refractivity contribution >= 4 is 23.7 Å². The highest BCUT2D eigenvalue weighted by atomic mass is 32.2. The van der Waals surface area contributed by atoms with Crippen molar-refractivity contribution in [3.63, 3.8) is 0 Å². The average Bonchev–Trinajstić information content (AvgIpc) is 3.14. The van der Waals surface area contributed by atoms with Crippen LogP contribution in [0.2, 0.25) is 0 Å². The lowest BCUT2D eigenvalue weighted by molar-refractivity contribution is -0.387. The van der Waals surface area contributed by atoms with E-state index in [4.69, 9.17) is 13.9 Å². The molecule has 0 spiro atoms. The minimum absolute atomic E-state index is 0.0477. The van der Waals surface area contributed by atoms with E-state index in [1.54, 1.807) is 31.4 Å². The van der Waals surface area contributed by atoms with Crippen molar-refractivity contribution in [2.24, 2.45) is 0 Å². The molecule has 3 rings (SSSR count). The van der Waals surface area contributed by atoms with Crippen LogP contribution in [0.3, 0.4) is 0 Å². The van der Waals surface area contributed by atoms with E-state index < -0.39 is 4.92 Å². The standard InChI is InChI=1S/C17H13N3O6S/c1-24-12-3-5-13(6-4-12)25-10-16-18-19-17(26-16)27-15-7-2-11(9-21)8-14(15)20(22)23/h2-9H,10H2,1H3. The van der Waals surface area contributed by atoms with Crippen LogP contribution in [0.1, 0.15) is 16.2 Å². The molecule has 3 aromatic rings. The average molecular weight is 387 g/mol. The number of nitro groups is 1. The lowest BCUT2D eigenvalue weighted by atomic mass is 10.2. The first-order chi connectivity index (χ1) is 13.1. The maximum atomic E-state index is 11.2. The Balaban J connectivity index is 1.67. The number of rotatable bonds is 8. The molecule has 0 radical (unpaired) electrons. The van der Waals surface area contributed by atoms with Crippen LogP contribution in [0, 0.1) is 10.1 Å². The molecule has 0 aliphatic carbocycles. The van der Waals surface area contributed by atoms with Gasteiger partial charge < -0.3 is 13.9 Å². The number of hydrogen-bond donors (Lipinski definition) is 0. The van der Waals surface area contributed by atoms with Crippen molar-refractivity contribution in [2.75, 3.05) is 7.11 Å². The van der Waals surface area contributed by atoms with Crippen molar-refractivity contribution in [2.45, 2.75) is 16.7 Å². The Bertz CT molecular complexity index is 958. The summed E-state index contributed by atoms with van der Waals surface area (Å²) in [4.78, 5) is 21.7. The lowest BCUT2D eigenvalue weighted by Crippen LogP contribution is -1.95. The van der Waals surface area contributed by atoms with Crippen LogP contribution in [0.15, 0.2) is 57.0 Å². The highest BCUT2D eigenvalue weighted by Gasteiger charge is 2.18. The number of ether oxygens (including phenoxy) is 2. The number of hydrogen-bond acceptors (Lipinski definition) is 9. The van der Waals surface area contributed by atoms with Crippen LogP contribution in [-0.4, -0.2) is 28.5 Å². The number of nitro benzene ring substituents is 1. The van der Waals surface area contributed by atoms with E-state index in [-0.39, 0.29) is 33.9 Å². The van der Waals surface area contributed by atoms with Gasteiger partial charge in [-0.15, -0.1) is 10.2 Å². The Kier molecular flexibility index (Phi) is 5.67. The van der Waals surface area contributed by atoms with Crippen LogP contribution in [-0.2, 0) is 6.61 Å². The number of benzene rings is 2. The largest absolute Gasteiger partial charge is 0.497 e. The van der Waals surface area contributed by atoms with Crippen LogP contribution >= 0.6 is 11.8 Å². The fourth-order valence-corrected chi connectivity index (χ4v) is 2.87. The highest BCUT2D eigenvalue weighted by molar-refractivity contribution is 7.99. The maximum absolute atomic E-state index is 11.2. The van der Waals surface area contributed by atoms with Crippen LogP contribution in [0.5, 0.6) is 11.5 Å². The number of nitrogens with zero attached hydrogens (tertiary/aromatic N) is 3. The van der Waals surface area contributed by atoms with E-state index in [0.29, 0.717) is 17.8 Å². The number of methoxy groups -OCH3 is 1. The topological polar surface area (TPSA) is 118 Å². The third kappa shape index (κ3) is 4.61. The number of aromatic nitrogens is 2. The highest BCUT2D eigenvalue weighted by Crippen LogP contribution is 2.34. The van der Waals surface area contributed by atoms with E-state index in [0.717, 1.165) is 11.8 Å². The van der Waals surface area contributed by atoms with Gasteiger partial charge >= 0.3 is 0 Å². The van der Waals surface area contributed by atoms with Gasteiger partial charge in [0, 0.05) is 11.6 Å². The van der Waals surface area contributed by atoms with E-state index in [2.05, 4.69) is 10.2 Å². The Hall–Kier alpha value is -3.40. The van der Waals surface area contributed by atoms with Crippen molar-refractivity contribution in [1.29, 1.82) is 0 Å². The Morgan fingerprint density at radius 3 is 2.59 bits per heavy atom. The first-order valence-corrected chi connectivity index (χ1v) is 8.41. The second kappa shape index (κ2) is 8.32. The van der Waals surface area contributed by atoms with Gasteiger partial charge in [0.25, 0.3) is 16.8 Å². The summed E-state index contributed by atoms with van der Waals surface area (Å²) in [6, 6.07) is 11.1. The van der Waals surface area contributed by atoms with Gasteiger partial charge in [-0.25, -0.2) is 0 Å². The van der Waals surface area contributed by atoms with E-state index in [1.807, 2.05) is 0 Å². The quantitative estimate of drug-likeness (QED) is 0.325. The summed E-state index contributed by atoms with van der Waals surface area (Å²) < 4.78 is 16.1. The molecular formula is C17H13N3O6S. The third-order valence-electron chi connectivity index (χ3n) is 3.38. The molecule has 10 heteroatoms. The summed E-state index contributed by atoms with van der Waals surface area (Å²) in [5.41, 5.74) is 0.00370. The predicted molar refractivity (Wildman–Crippen MR) is 94.2 cm³/mol. The second-order valence-electron chi connectivity index (χ2n) is 5.13. The molecule has 0 unspecified atom stereocenters.